The van der Waals surface area contributed by atoms with Gasteiger partial charge < -0.3 is 15.2 Å². The first kappa shape index (κ1) is 16.9. The summed E-state index contributed by atoms with van der Waals surface area (Å²) >= 11 is 6.24. The van der Waals surface area contributed by atoms with E-state index in [9.17, 15) is 4.79 Å². The number of aryl methyl sites for hydroxylation is 1. The van der Waals surface area contributed by atoms with Crippen molar-refractivity contribution in [2.45, 2.75) is 38.6 Å². The molecule has 1 aromatic carbocycles. The topological polar surface area (TPSA) is 85.2 Å². The summed E-state index contributed by atoms with van der Waals surface area (Å²) in [5, 5.41) is 4.55. The normalized spacial score (nSPS) is 17.1. The van der Waals surface area contributed by atoms with Gasteiger partial charge >= 0.3 is 0 Å². The Bertz CT molecular complexity index is 740. The summed E-state index contributed by atoms with van der Waals surface area (Å²) in [5.74, 6) is 0.334. The molecule has 1 aliphatic heterocycles. The Morgan fingerprint density at radius 2 is 2.08 bits per heavy atom. The van der Waals surface area contributed by atoms with E-state index in [-0.39, 0.29) is 11.8 Å². The van der Waals surface area contributed by atoms with E-state index in [1.165, 1.54) is 0 Å². The Balaban J connectivity index is 1.77. The van der Waals surface area contributed by atoms with Crippen molar-refractivity contribution in [3.05, 3.63) is 34.7 Å². The van der Waals surface area contributed by atoms with Gasteiger partial charge in [0.15, 0.2) is 0 Å². The molecular formula is C17H21ClN4O2. The highest BCUT2D eigenvalue weighted by atomic mass is 35.5. The Morgan fingerprint density at radius 1 is 1.38 bits per heavy atom. The van der Waals surface area contributed by atoms with Crippen LogP contribution in [0.25, 0.3) is 11.4 Å². The van der Waals surface area contributed by atoms with Gasteiger partial charge in [-0.15, -0.1) is 0 Å². The van der Waals surface area contributed by atoms with Crippen molar-refractivity contribution in [2.75, 3.05) is 13.1 Å². The highest BCUT2D eigenvalue weighted by Gasteiger charge is 2.31. The molecule has 0 radical (unpaired) electrons. The van der Waals surface area contributed by atoms with Crippen LogP contribution in [0.2, 0.25) is 5.02 Å². The fraction of sp³-hybridized carbons (Fsp3) is 0.471. The lowest BCUT2D eigenvalue weighted by atomic mass is 10.0. The number of aromatic nitrogens is 2. The Labute approximate surface area is 146 Å². The molecule has 0 spiro atoms. The Hall–Kier alpha value is -1.92. The first-order valence-electron chi connectivity index (χ1n) is 8.12. The van der Waals surface area contributed by atoms with Crippen LogP contribution >= 0.6 is 11.6 Å². The van der Waals surface area contributed by atoms with E-state index in [4.69, 9.17) is 21.9 Å². The average molecular weight is 349 g/mol. The molecule has 2 atom stereocenters. The lowest BCUT2D eigenvalue weighted by Gasteiger charge is -2.22. The van der Waals surface area contributed by atoms with E-state index in [0.717, 1.165) is 31.5 Å². The minimum atomic E-state index is -0.690. The molecule has 7 heteroatoms. The molecule has 1 fully saturated rings. The van der Waals surface area contributed by atoms with E-state index in [1.54, 1.807) is 4.90 Å². The standard InChI is InChI=1S/C17H21ClN4O2/c1-10-5-6-12(13(18)9-10)15-20-16(24-21-15)11(2)14(19)17(23)22-7-3-4-8-22/h5-6,9,11,14H,3-4,7-8,19H2,1-2H3/t11-,14-/m0/s1. The number of rotatable bonds is 4. The molecule has 0 aliphatic carbocycles. The zero-order valence-electron chi connectivity index (χ0n) is 13.8. The molecule has 0 unspecified atom stereocenters. The minimum absolute atomic E-state index is 0.0619. The van der Waals surface area contributed by atoms with E-state index >= 15 is 0 Å². The van der Waals surface area contributed by atoms with E-state index in [1.807, 2.05) is 32.0 Å². The molecule has 2 aromatic rings. The summed E-state index contributed by atoms with van der Waals surface area (Å²) in [6.07, 6.45) is 2.06. The number of benzene rings is 1. The molecule has 6 nitrogen and oxygen atoms in total. The van der Waals surface area contributed by atoms with Gasteiger partial charge in [-0.25, -0.2) is 0 Å². The molecule has 128 valence electrons. The zero-order valence-corrected chi connectivity index (χ0v) is 14.6. The summed E-state index contributed by atoms with van der Waals surface area (Å²) in [6.45, 7) is 5.33. The number of amides is 1. The lowest BCUT2D eigenvalue weighted by molar-refractivity contribution is -0.132. The molecule has 0 bridgehead atoms. The second-order valence-electron chi connectivity index (χ2n) is 6.29. The summed E-state index contributed by atoms with van der Waals surface area (Å²) in [7, 11) is 0. The number of carbonyl (C=O) groups excluding carboxylic acids is 1. The van der Waals surface area contributed by atoms with Gasteiger partial charge in [-0.3, -0.25) is 4.79 Å². The quantitative estimate of drug-likeness (QED) is 0.918. The van der Waals surface area contributed by atoms with Crippen molar-refractivity contribution in [1.29, 1.82) is 0 Å². The van der Waals surface area contributed by atoms with Crippen LogP contribution in [-0.2, 0) is 4.79 Å². The molecule has 24 heavy (non-hydrogen) atoms. The van der Waals surface area contributed by atoms with Crippen molar-refractivity contribution >= 4 is 17.5 Å². The lowest BCUT2D eigenvalue weighted by Crippen LogP contribution is -2.45. The van der Waals surface area contributed by atoms with Crippen molar-refractivity contribution in [3.63, 3.8) is 0 Å². The van der Waals surface area contributed by atoms with Crippen LogP contribution in [0.3, 0.4) is 0 Å². The molecule has 3 rings (SSSR count). The third-order valence-electron chi connectivity index (χ3n) is 4.44. The highest BCUT2D eigenvalue weighted by molar-refractivity contribution is 6.33. The summed E-state index contributed by atoms with van der Waals surface area (Å²) in [5.41, 5.74) is 7.88. The second-order valence-corrected chi connectivity index (χ2v) is 6.69. The van der Waals surface area contributed by atoms with Crippen molar-refractivity contribution in [2.24, 2.45) is 5.73 Å². The van der Waals surface area contributed by atoms with Gasteiger partial charge in [0.1, 0.15) is 0 Å². The van der Waals surface area contributed by atoms with Crippen LogP contribution in [0.1, 0.15) is 37.1 Å². The smallest absolute Gasteiger partial charge is 0.240 e. The van der Waals surface area contributed by atoms with Crippen LogP contribution < -0.4 is 5.73 Å². The zero-order chi connectivity index (χ0) is 17.3. The van der Waals surface area contributed by atoms with Gasteiger partial charge in [0.2, 0.25) is 17.6 Å². The van der Waals surface area contributed by atoms with Gasteiger partial charge in [0.05, 0.1) is 17.0 Å². The molecular weight excluding hydrogens is 328 g/mol. The Morgan fingerprint density at radius 3 is 2.75 bits per heavy atom. The average Bonchev–Trinajstić information content (AvgIpc) is 3.24. The molecule has 1 amide bonds. The molecule has 1 aromatic heterocycles. The van der Waals surface area contributed by atoms with E-state index in [0.29, 0.717) is 22.3 Å². The number of nitrogens with two attached hydrogens (primary N) is 1. The van der Waals surface area contributed by atoms with E-state index < -0.39 is 6.04 Å². The number of nitrogens with zero attached hydrogens (tertiary/aromatic N) is 3. The van der Waals surface area contributed by atoms with Crippen LogP contribution in [0, 0.1) is 6.92 Å². The minimum Gasteiger partial charge on any atom is -0.341 e. The fourth-order valence-electron chi connectivity index (χ4n) is 2.85. The van der Waals surface area contributed by atoms with Gasteiger partial charge in [-0.2, -0.15) is 4.98 Å². The molecule has 2 heterocycles. The number of hydrogen-bond donors (Lipinski definition) is 1. The maximum absolute atomic E-state index is 12.4. The van der Waals surface area contributed by atoms with Gasteiger partial charge in [0, 0.05) is 18.7 Å². The van der Waals surface area contributed by atoms with Crippen LogP contribution in [-0.4, -0.2) is 40.1 Å². The molecule has 1 saturated heterocycles. The second kappa shape index (κ2) is 6.91. The number of likely N-dealkylation sites (tertiary alicyclic amines) is 1. The van der Waals surface area contributed by atoms with Crippen LogP contribution in [0.15, 0.2) is 22.7 Å². The van der Waals surface area contributed by atoms with Crippen molar-refractivity contribution in [1.82, 2.24) is 15.0 Å². The van der Waals surface area contributed by atoms with Gasteiger partial charge in [-0.1, -0.05) is 29.7 Å². The molecule has 2 N–H and O–H groups in total. The fourth-order valence-corrected chi connectivity index (χ4v) is 3.17. The van der Waals surface area contributed by atoms with Crippen molar-refractivity contribution < 1.29 is 9.32 Å². The largest absolute Gasteiger partial charge is 0.341 e. The maximum atomic E-state index is 12.4. The number of hydrogen-bond acceptors (Lipinski definition) is 5. The third kappa shape index (κ3) is 3.30. The van der Waals surface area contributed by atoms with E-state index in [2.05, 4.69) is 10.1 Å². The predicted octanol–water partition coefficient (Wildman–Crippen LogP) is 2.75. The van der Waals surface area contributed by atoms with Crippen LogP contribution in [0.5, 0.6) is 0 Å². The SMILES string of the molecule is Cc1ccc(-c2noc([C@@H](C)[C@H](N)C(=O)N3CCCC3)n2)c(Cl)c1. The monoisotopic (exact) mass is 348 g/mol. The molecule has 0 saturated carbocycles. The van der Waals surface area contributed by atoms with Crippen LogP contribution in [0.4, 0.5) is 0 Å². The summed E-state index contributed by atoms with van der Waals surface area (Å²) in [6, 6.07) is 4.94. The number of halogens is 1. The predicted molar refractivity (Wildman–Crippen MR) is 91.7 cm³/mol. The first-order chi connectivity index (χ1) is 11.5. The summed E-state index contributed by atoms with van der Waals surface area (Å²) < 4.78 is 5.33. The summed E-state index contributed by atoms with van der Waals surface area (Å²) in [4.78, 5) is 18.6. The van der Waals surface area contributed by atoms with Gasteiger partial charge in [0.25, 0.3) is 0 Å². The third-order valence-corrected chi connectivity index (χ3v) is 4.75. The van der Waals surface area contributed by atoms with Crippen molar-refractivity contribution in [3.8, 4) is 11.4 Å². The Kier molecular flexibility index (Phi) is 4.87. The number of carbonyl (C=O) groups is 1. The van der Waals surface area contributed by atoms with Gasteiger partial charge in [-0.05, 0) is 37.5 Å². The molecule has 1 aliphatic rings. The maximum Gasteiger partial charge on any atom is 0.240 e. The highest BCUT2D eigenvalue weighted by Crippen LogP contribution is 2.28. The first-order valence-corrected chi connectivity index (χ1v) is 8.49.